The minimum absolute atomic E-state index is 0.00185. The van der Waals surface area contributed by atoms with Crippen LogP contribution in [0.1, 0.15) is 107 Å². The van der Waals surface area contributed by atoms with E-state index in [1.165, 1.54) is 23.5 Å². The van der Waals surface area contributed by atoms with E-state index < -0.39 is 29.3 Å². The summed E-state index contributed by atoms with van der Waals surface area (Å²) in [6.07, 6.45) is 11.2. The molecular formula is C43H68O10S4. The Balaban J connectivity index is 2.01. The zero-order valence-electron chi connectivity index (χ0n) is 35.4. The number of rotatable bonds is 26. The highest BCUT2D eigenvalue weighted by molar-refractivity contribution is 8.00. The van der Waals surface area contributed by atoms with Crippen LogP contribution in [0, 0.1) is 39.9 Å². The molecule has 0 radical (unpaired) electrons. The number of carbonyl (C=O) groups is 6. The van der Waals surface area contributed by atoms with Gasteiger partial charge in [0.15, 0.2) is 0 Å². The molecule has 10 nitrogen and oxygen atoms in total. The number of hydrogen-bond acceptors (Lipinski definition) is 14. The summed E-state index contributed by atoms with van der Waals surface area (Å²) in [6, 6.07) is 0. The van der Waals surface area contributed by atoms with Crippen molar-refractivity contribution in [3.8, 4) is 0 Å². The number of ether oxygens (including phenoxy) is 4. The van der Waals surface area contributed by atoms with Crippen molar-refractivity contribution < 1.29 is 47.7 Å². The van der Waals surface area contributed by atoms with Crippen molar-refractivity contribution in [2.45, 2.75) is 117 Å². The number of hydrogen-bond donors (Lipinski definition) is 2. The zero-order valence-corrected chi connectivity index (χ0v) is 38.8. The van der Waals surface area contributed by atoms with E-state index in [9.17, 15) is 28.8 Å². The summed E-state index contributed by atoms with van der Waals surface area (Å²) in [5.74, 6) is -0.148. The first-order valence-corrected chi connectivity index (χ1v) is 23.6. The standard InChI is InChI=1S/C43H68O10S4/c1-29-11-9-17-41(5,6)39(29)33(44)23-31(3)56-21-15-37(48)52-27-43(25-50-35(46)13-19-54,26-51-36(47)14-20-55)28-53-38(49)16-22-57-32(4)24-34(45)40-30(2)12-10-18-42(40,7)8/h9-12,29-32,39-40,54-55H,13-28H2,1-8H3. The Morgan fingerprint density at radius 1 is 0.614 bits per heavy atom. The monoisotopic (exact) mass is 872 g/mol. The highest BCUT2D eigenvalue weighted by Gasteiger charge is 2.41. The third kappa shape index (κ3) is 18.1. The van der Waals surface area contributed by atoms with Crippen molar-refractivity contribution in [2.24, 2.45) is 39.9 Å². The second-order valence-electron chi connectivity index (χ2n) is 17.2. The molecule has 0 saturated heterocycles. The molecule has 0 aliphatic heterocycles. The Morgan fingerprint density at radius 2 is 0.930 bits per heavy atom. The number of Topliss-reactive ketones (excluding diaryl/α,β-unsaturated/α-hetero) is 2. The van der Waals surface area contributed by atoms with Crippen LogP contribution in [0.25, 0.3) is 0 Å². The maximum atomic E-state index is 13.3. The van der Waals surface area contributed by atoms with Gasteiger partial charge in [0.05, 0.1) is 25.7 Å². The van der Waals surface area contributed by atoms with Gasteiger partial charge in [-0.1, -0.05) is 79.7 Å². The molecule has 57 heavy (non-hydrogen) atoms. The maximum absolute atomic E-state index is 13.3. The van der Waals surface area contributed by atoms with E-state index in [-0.39, 0.29) is 120 Å². The molecule has 6 unspecified atom stereocenters. The second-order valence-corrected chi connectivity index (χ2v) is 21.2. The SMILES string of the molecule is CC(CC(=O)C1C(C)C=CCC1(C)C)SCCC(=O)OCC(COC(=O)CCS)(COC(=O)CCS)COC(=O)CCSC(C)CC(=O)C1C(C)C=CCC1(C)C. The zero-order chi connectivity index (χ0) is 42.8. The van der Waals surface area contributed by atoms with E-state index in [4.69, 9.17) is 18.9 Å². The van der Waals surface area contributed by atoms with E-state index in [0.717, 1.165) is 12.8 Å². The van der Waals surface area contributed by atoms with Gasteiger partial charge in [0.1, 0.15) is 43.4 Å². The van der Waals surface area contributed by atoms with Gasteiger partial charge in [-0.2, -0.15) is 48.8 Å². The van der Waals surface area contributed by atoms with Crippen LogP contribution in [0.15, 0.2) is 24.3 Å². The summed E-state index contributed by atoms with van der Waals surface area (Å²) < 4.78 is 22.3. The molecule has 0 amide bonds. The van der Waals surface area contributed by atoms with Crippen LogP contribution in [0.3, 0.4) is 0 Å². The Morgan fingerprint density at radius 3 is 1.23 bits per heavy atom. The quantitative estimate of drug-likeness (QED) is 0.0375. The summed E-state index contributed by atoms with van der Waals surface area (Å²) in [5.41, 5.74) is -1.59. The van der Waals surface area contributed by atoms with E-state index in [2.05, 4.69) is 91.1 Å². The van der Waals surface area contributed by atoms with E-state index in [1.54, 1.807) is 0 Å². The number of thioether (sulfide) groups is 2. The summed E-state index contributed by atoms with van der Waals surface area (Å²) in [5, 5.41) is 0.00370. The molecular weight excluding hydrogens is 805 g/mol. The molecule has 0 aromatic carbocycles. The fraction of sp³-hybridized carbons (Fsp3) is 0.767. The van der Waals surface area contributed by atoms with E-state index >= 15 is 0 Å². The molecule has 2 aliphatic carbocycles. The third-order valence-corrected chi connectivity index (χ3v) is 13.6. The van der Waals surface area contributed by atoms with E-state index in [1.807, 2.05) is 13.8 Å². The minimum Gasteiger partial charge on any atom is -0.465 e. The largest absolute Gasteiger partial charge is 0.465 e. The van der Waals surface area contributed by atoms with Gasteiger partial charge >= 0.3 is 23.9 Å². The molecule has 324 valence electrons. The molecule has 0 spiro atoms. The Hall–Kier alpha value is -1.90. The number of allylic oxidation sites excluding steroid dienone is 4. The number of esters is 4. The van der Waals surface area contributed by atoms with Crippen LogP contribution in [0.4, 0.5) is 0 Å². The first-order valence-electron chi connectivity index (χ1n) is 20.2. The summed E-state index contributed by atoms with van der Waals surface area (Å²) in [6.45, 7) is 15.3. The highest BCUT2D eigenvalue weighted by Crippen LogP contribution is 2.43. The van der Waals surface area contributed by atoms with Crippen molar-refractivity contribution in [2.75, 3.05) is 49.4 Å². The molecule has 0 saturated carbocycles. The van der Waals surface area contributed by atoms with Gasteiger partial charge in [0, 0.05) is 58.2 Å². The average molecular weight is 873 g/mol. The van der Waals surface area contributed by atoms with Crippen molar-refractivity contribution in [1.29, 1.82) is 0 Å². The normalized spacial score (nSPS) is 22.2. The fourth-order valence-electron chi connectivity index (χ4n) is 7.81. The van der Waals surface area contributed by atoms with Crippen molar-refractivity contribution >= 4 is 84.2 Å². The predicted octanol–water partition coefficient (Wildman–Crippen LogP) is 8.20. The van der Waals surface area contributed by atoms with Gasteiger partial charge in [-0.15, -0.1) is 0 Å². The lowest BCUT2D eigenvalue weighted by molar-refractivity contribution is -0.170. The van der Waals surface area contributed by atoms with Crippen LogP contribution in [0.5, 0.6) is 0 Å². The van der Waals surface area contributed by atoms with Gasteiger partial charge in [-0.3, -0.25) is 28.8 Å². The van der Waals surface area contributed by atoms with Gasteiger partial charge < -0.3 is 18.9 Å². The topological polar surface area (TPSA) is 139 Å². The number of carbonyl (C=O) groups excluding carboxylic acids is 6. The number of ketones is 2. The predicted molar refractivity (Wildman–Crippen MR) is 236 cm³/mol. The van der Waals surface area contributed by atoms with Crippen molar-refractivity contribution in [1.82, 2.24) is 0 Å². The molecule has 0 N–H and O–H groups in total. The third-order valence-electron chi connectivity index (χ3n) is 10.8. The van der Waals surface area contributed by atoms with Crippen molar-refractivity contribution in [3.05, 3.63) is 24.3 Å². The molecule has 0 fully saturated rings. The Labute approximate surface area is 361 Å². The van der Waals surface area contributed by atoms with Gasteiger partial charge in [0.25, 0.3) is 0 Å². The molecule has 2 aliphatic rings. The number of thiol groups is 2. The maximum Gasteiger partial charge on any atom is 0.306 e. The smallest absolute Gasteiger partial charge is 0.306 e. The lowest BCUT2D eigenvalue weighted by Gasteiger charge is -2.39. The molecule has 6 atom stereocenters. The molecule has 0 aromatic heterocycles. The van der Waals surface area contributed by atoms with Gasteiger partial charge in [0.2, 0.25) is 0 Å². The van der Waals surface area contributed by atoms with Crippen LogP contribution in [-0.2, 0) is 47.7 Å². The van der Waals surface area contributed by atoms with E-state index in [0.29, 0.717) is 24.3 Å². The summed E-state index contributed by atoms with van der Waals surface area (Å²) in [4.78, 5) is 77.5. The summed E-state index contributed by atoms with van der Waals surface area (Å²) >= 11 is 11.2. The van der Waals surface area contributed by atoms with Crippen LogP contribution in [-0.4, -0.2) is 95.4 Å². The van der Waals surface area contributed by atoms with Crippen LogP contribution >= 0.6 is 48.8 Å². The first kappa shape index (κ1) is 51.2. The average Bonchev–Trinajstić information content (AvgIpc) is 3.10. The van der Waals surface area contributed by atoms with Gasteiger partial charge in [-0.25, -0.2) is 0 Å². The highest BCUT2D eigenvalue weighted by atomic mass is 32.2. The lowest BCUT2D eigenvalue weighted by atomic mass is 9.65. The van der Waals surface area contributed by atoms with Crippen LogP contribution < -0.4 is 0 Å². The Kier molecular flexibility index (Phi) is 22.5. The fourth-order valence-corrected chi connectivity index (χ4v) is 10.1. The first-order chi connectivity index (χ1) is 26.8. The second kappa shape index (κ2) is 25.0. The minimum atomic E-state index is -1.38. The molecule has 2 rings (SSSR count). The van der Waals surface area contributed by atoms with Crippen LogP contribution in [0.2, 0.25) is 0 Å². The molecule has 0 heterocycles. The van der Waals surface area contributed by atoms with Crippen molar-refractivity contribution in [3.63, 3.8) is 0 Å². The molecule has 0 aromatic rings. The van der Waals surface area contributed by atoms with Gasteiger partial charge in [-0.05, 0) is 35.5 Å². The Bertz CT molecular complexity index is 1310. The lowest BCUT2D eigenvalue weighted by Crippen LogP contribution is -2.44. The molecule has 0 bridgehead atoms. The molecule has 14 heteroatoms. The summed E-state index contributed by atoms with van der Waals surface area (Å²) in [7, 11) is 0.